The van der Waals surface area contributed by atoms with Crippen LogP contribution in [-0.4, -0.2) is 22.7 Å². The number of hydrogen-bond donors (Lipinski definition) is 1. The Labute approximate surface area is 200 Å². The minimum Gasteiger partial charge on any atom is -0.395 e. The molecule has 0 aliphatic rings. The zero-order chi connectivity index (χ0) is 24.3. The molecule has 0 fully saturated rings. The molecular weight excluding hydrogens is 422 g/mol. The predicted octanol–water partition coefficient (Wildman–Crippen LogP) is 6.80. The van der Waals surface area contributed by atoms with Gasteiger partial charge in [-0.1, -0.05) is 66.7 Å². The summed E-state index contributed by atoms with van der Waals surface area (Å²) >= 11 is 0. The van der Waals surface area contributed by atoms with Crippen molar-refractivity contribution < 1.29 is 14.4 Å². The fourth-order valence-corrected chi connectivity index (χ4v) is 4.17. The summed E-state index contributed by atoms with van der Waals surface area (Å²) in [5.41, 5.74) is 8.24. The lowest BCUT2D eigenvalue weighted by Crippen LogP contribution is -2.30. The van der Waals surface area contributed by atoms with E-state index in [9.17, 15) is 9.90 Å². The maximum absolute atomic E-state index is 11.9. The zero-order valence-corrected chi connectivity index (χ0v) is 20.3. The maximum Gasteiger partial charge on any atom is 0.167 e. The molecule has 4 heteroatoms. The molecule has 1 heterocycles. The van der Waals surface area contributed by atoms with Gasteiger partial charge in [0.15, 0.2) is 5.58 Å². The highest BCUT2D eigenvalue weighted by molar-refractivity contribution is 5.85. The summed E-state index contributed by atoms with van der Waals surface area (Å²) in [7, 11) is 0. The molecule has 3 aromatic carbocycles. The van der Waals surface area contributed by atoms with Crippen LogP contribution in [0.2, 0.25) is 0 Å². The van der Waals surface area contributed by atoms with Crippen LogP contribution in [0.3, 0.4) is 0 Å². The minimum absolute atomic E-state index is 0.0278. The van der Waals surface area contributed by atoms with E-state index < -0.39 is 5.41 Å². The Balaban J connectivity index is 1.58. The van der Waals surface area contributed by atoms with E-state index in [2.05, 4.69) is 73.6 Å². The first-order chi connectivity index (χ1) is 16.3. The molecule has 0 aliphatic carbocycles. The van der Waals surface area contributed by atoms with Crippen molar-refractivity contribution in [3.05, 3.63) is 88.6 Å². The van der Waals surface area contributed by atoms with Crippen LogP contribution >= 0.6 is 0 Å². The molecule has 0 radical (unpaired) electrons. The number of aryl methyl sites for hydroxylation is 2. The van der Waals surface area contributed by atoms with E-state index in [1.54, 1.807) is 13.1 Å². The van der Waals surface area contributed by atoms with E-state index in [0.717, 1.165) is 39.6 Å². The number of Topliss-reactive ketones (excluding diaryl/α,β-unsaturated/α-hetero) is 1. The van der Waals surface area contributed by atoms with Crippen molar-refractivity contribution in [2.75, 3.05) is 6.61 Å². The standard InChI is InChI=1S/C30H31NO3/c1-20-8-9-23(14-15-30(4,19-32)22(3)33)16-25(20)11-10-24-6-5-7-28(21(24)2)26-12-13-27-18-31-34-29(27)17-26/h5-13,16-18,32H,14-15,19H2,1-4H3/b11-10+/t30-/m0/s1. The number of fused-ring (bicyclic) bond motifs is 1. The molecule has 0 spiro atoms. The zero-order valence-electron chi connectivity index (χ0n) is 20.3. The van der Waals surface area contributed by atoms with Gasteiger partial charge in [0.2, 0.25) is 0 Å². The Kier molecular flexibility index (Phi) is 6.80. The molecule has 0 saturated heterocycles. The third kappa shape index (κ3) is 4.87. The van der Waals surface area contributed by atoms with Crippen molar-refractivity contribution in [1.82, 2.24) is 5.16 Å². The van der Waals surface area contributed by atoms with Gasteiger partial charge in [0.1, 0.15) is 5.78 Å². The molecule has 0 bridgehead atoms. The predicted molar refractivity (Wildman–Crippen MR) is 138 cm³/mol. The van der Waals surface area contributed by atoms with Gasteiger partial charge in [0.05, 0.1) is 12.8 Å². The number of carbonyl (C=O) groups excluding carboxylic acids is 1. The monoisotopic (exact) mass is 453 g/mol. The van der Waals surface area contributed by atoms with Crippen LogP contribution in [-0.2, 0) is 11.2 Å². The number of hydrogen-bond acceptors (Lipinski definition) is 4. The Morgan fingerprint density at radius 2 is 1.85 bits per heavy atom. The van der Waals surface area contributed by atoms with Gasteiger partial charge in [-0.3, -0.25) is 4.79 Å². The lowest BCUT2D eigenvalue weighted by atomic mass is 9.81. The second-order valence-corrected chi connectivity index (χ2v) is 9.40. The van der Waals surface area contributed by atoms with Crippen LogP contribution in [0, 0.1) is 19.3 Å². The van der Waals surface area contributed by atoms with E-state index >= 15 is 0 Å². The van der Waals surface area contributed by atoms with Crippen molar-refractivity contribution in [3.63, 3.8) is 0 Å². The number of aromatic nitrogens is 1. The fraction of sp³-hybridized carbons (Fsp3) is 0.267. The number of aliphatic hydroxyl groups excluding tert-OH is 1. The summed E-state index contributed by atoms with van der Waals surface area (Å²) in [6.07, 6.45) is 7.41. The molecule has 4 rings (SSSR count). The summed E-state index contributed by atoms with van der Waals surface area (Å²) < 4.78 is 5.34. The Morgan fingerprint density at radius 1 is 1.06 bits per heavy atom. The number of aliphatic hydroxyl groups is 1. The molecule has 34 heavy (non-hydrogen) atoms. The Bertz CT molecular complexity index is 1360. The van der Waals surface area contributed by atoms with E-state index in [1.165, 1.54) is 16.7 Å². The average Bonchev–Trinajstić information content (AvgIpc) is 3.31. The van der Waals surface area contributed by atoms with Gasteiger partial charge in [-0.2, -0.15) is 0 Å². The summed E-state index contributed by atoms with van der Waals surface area (Å²) in [5.74, 6) is 0.0278. The minimum atomic E-state index is -0.687. The summed E-state index contributed by atoms with van der Waals surface area (Å²) in [5, 5.41) is 14.5. The lowest BCUT2D eigenvalue weighted by Gasteiger charge is -2.24. The Hall–Kier alpha value is -3.50. The maximum atomic E-state index is 11.9. The van der Waals surface area contributed by atoms with E-state index in [4.69, 9.17) is 4.52 Å². The van der Waals surface area contributed by atoms with Crippen LogP contribution in [0.15, 0.2) is 65.3 Å². The highest BCUT2D eigenvalue weighted by Gasteiger charge is 2.28. The number of carbonyl (C=O) groups is 1. The summed E-state index contributed by atoms with van der Waals surface area (Å²) in [6.45, 7) is 7.51. The topological polar surface area (TPSA) is 63.3 Å². The number of benzene rings is 3. The average molecular weight is 454 g/mol. The third-order valence-corrected chi connectivity index (χ3v) is 6.99. The van der Waals surface area contributed by atoms with Gasteiger partial charge in [0, 0.05) is 10.8 Å². The molecule has 1 aromatic heterocycles. The first-order valence-electron chi connectivity index (χ1n) is 11.6. The van der Waals surface area contributed by atoms with E-state index in [1.807, 2.05) is 19.1 Å². The Morgan fingerprint density at radius 3 is 2.62 bits per heavy atom. The van der Waals surface area contributed by atoms with Crippen LogP contribution in [0.1, 0.15) is 48.1 Å². The second kappa shape index (κ2) is 9.78. The quantitative estimate of drug-likeness (QED) is 0.298. The summed E-state index contributed by atoms with van der Waals surface area (Å²) in [6, 6.07) is 18.9. The largest absolute Gasteiger partial charge is 0.395 e. The van der Waals surface area contributed by atoms with E-state index in [0.29, 0.717) is 6.42 Å². The van der Waals surface area contributed by atoms with Gasteiger partial charge in [-0.25, -0.2) is 0 Å². The van der Waals surface area contributed by atoms with E-state index in [-0.39, 0.29) is 12.4 Å². The smallest absolute Gasteiger partial charge is 0.167 e. The number of nitrogens with zero attached hydrogens (tertiary/aromatic N) is 1. The first kappa shape index (κ1) is 23.7. The molecule has 4 nitrogen and oxygen atoms in total. The van der Waals surface area contributed by atoms with Crippen LogP contribution in [0.25, 0.3) is 34.2 Å². The fourth-order valence-electron chi connectivity index (χ4n) is 4.17. The van der Waals surface area contributed by atoms with Gasteiger partial charge < -0.3 is 9.63 Å². The first-order valence-corrected chi connectivity index (χ1v) is 11.6. The molecule has 1 atom stereocenters. The molecular formula is C30H31NO3. The van der Waals surface area contributed by atoms with Gasteiger partial charge in [0.25, 0.3) is 0 Å². The van der Waals surface area contributed by atoms with Crippen molar-refractivity contribution in [2.45, 2.75) is 40.5 Å². The molecule has 1 N–H and O–H groups in total. The van der Waals surface area contributed by atoms with Crippen molar-refractivity contribution in [2.24, 2.45) is 5.41 Å². The van der Waals surface area contributed by atoms with Crippen molar-refractivity contribution in [3.8, 4) is 11.1 Å². The molecule has 0 saturated carbocycles. The molecule has 0 aliphatic heterocycles. The lowest BCUT2D eigenvalue weighted by molar-refractivity contribution is -0.128. The number of rotatable bonds is 8. The molecule has 0 amide bonds. The molecule has 0 unspecified atom stereocenters. The summed E-state index contributed by atoms with van der Waals surface area (Å²) in [4.78, 5) is 11.9. The number of ketones is 1. The van der Waals surface area contributed by atoms with Crippen molar-refractivity contribution in [1.29, 1.82) is 0 Å². The van der Waals surface area contributed by atoms with Crippen molar-refractivity contribution >= 4 is 28.9 Å². The van der Waals surface area contributed by atoms with Crippen LogP contribution in [0.4, 0.5) is 0 Å². The molecule has 4 aromatic rings. The normalized spacial score (nSPS) is 13.4. The third-order valence-electron chi connectivity index (χ3n) is 6.99. The SMILES string of the molecule is CC(=O)[C@](C)(CO)CCc1ccc(C)c(/C=C/c2cccc(-c3ccc4cnoc4c3)c2C)c1. The van der Waals surface area contributed by atoms with Crippen LogP contribution in [0.5, 0.6) is 0 Å². The van der Waals surface area contributed by atoms with Gasteiger partial charge in [-0.15, -0.1) is 0 Å². The van der Waals surface area contributed by atoms with Crippen LogP contribution < -0.4 is 0 Å². The van der Waals surface area contributed by atoms with Gasteiger partial charge >= 0.3 is 0 Å². The van der Waals surface area contributed by atoms with Gasteiger partial charge in [-0.05, 0) is 84.7 Å². The molecule has 174 valence electrons. The highest BCUT2D eigenvalue weighted by Crippen LogP contribution is 2.30. The second-order valence-electron chi connectivity index (χ2n) is 9.40. The highest BCUT2D eigenvalue weighted by atomic mass is 16.5.